The normalized spacial score (nSPS) is 21.5. The van der Waals surface area contributed by atoms with Gasteiger partial charge in [-0.2, -0.15) is 0 Å². The molecule has 0 aliphatic heterocycles. The maximum Gasteiger partial charge on any atom is 0.221 e. The van der Waals surface area contributed by atoms with Crippen LogP contribution in [0, 0.1) is 5.92 Å². The minimum absolute atomic E-state index is 0.0622. The SMILES string of the molecule is COc1cncc([C@H](NC(=O)CCN(C)S(C)(=O)=O)C2CC(O)C2)c1. The molecule has 2 N–H and O–H groups in total. The average molecular weight is 371 g/mol. The Kier molecular flexibility index (Phi) is 6.36. The highest BCUT2D eigenvalue weighted by Crippen LogP contribution is 2.38. The number of hydrogen-bond acceptors (Lipinski definition) is 6. The Morgan fingerprint density at radius 2 is 2.16 bits per heavy atom. The van der Waals surface area contributed by atoms with Crippen LogP contribution < -0.4 is 10.1 Å². The average Bonchev–Trinajstić information content (AvgIpc) is 2.54. The molecule has 25 heavy (non-hydrogen) atoms. The van der Waals surface area contributed by atoms with Crippen molar-refractivity contribution in [2.24, 2.45) is 5.92 Å². The first-order valence-electron chi connectivity index (χ1n) is 8.08. The molecule has 8 nitrogen and oxygen atoms in total. The van der Waals surface area contributed by atoms with Crippen molar-refractivity contribution in [2.45, 2.75) is 31.4 Å². The summed E-state index contributed by atoms with van der Waals surface area (Å²) in [7, 11) is -0.328. The molecule has 2 rings (SSSR count). The van der Waals surface area contributed by atoms with E-state index in [4.69, 9.17) is 4.74 Å². The van der Waals surface area contributed by atoms with E-state index < -0.39 is 10.0 Å². The van der Waals surface area contributed by atoms with Gasteiger partial charge in [-0.1, -0.05) is 0 Å². The largest absolute Gasteiger partial charge is 0.495 e. The lowest BCUT2D eigenvalue weighted by molar-refractivity contribution is -0.123. The minimum Gasteiger partial charge on any atom is -0.495 e. The molecule has 1 fully saturated rings. The number of carbonyl (C=O) groups excluding carboxylic acids is 1. The molecule has 0 unspecified atom stereocenters. The standard InChI is InChI=1S/C16H25N3O5S/c1-19(25(3,22)23)5-4-15(21)18-16(11-6-13(20)7-11)12-8-14(24-2)10-17-9-12/h8-11,13,16,20H,4-7H2,1-3H3,(H,18,21)/t11?,13?,16-/m1/s1. The van der Waals surface area contributed by atoms with Crippen LogP contribution in [0.15, 0.2) is 18.5 Å². The maximum absolute atomic E-state index is 12.3. The van der Waals surface area contributed by atoms with Crippen LogP contribution in [0.25, 0.3) is 0 Å². The highest BCUT2D eigenvalue weighted by atomic mass is 32.2. The number of ether oxygens (including phenoxy) is 1. The van der Waals surface area contributed by atoms with E-state index in [9.17, 15) is 18.3 Å². The first-order valence-corrected chi connectivity index (χ1v) is 9.93. The van der Waals surface area contributed by atoms with Crippen LogP contribution in [0.4, 0.5) is 0 Å². The summed E-state index contributed by atoms with van der Waals surface area (Å²) in [6.45, 7) is 0.112. The second-order valence-electron chi connectivity index (χ2n) is 6.42. The Hall–Kier alpha value is -1.71. The zero-order valence-corrected chi connectivity index (χ0v) is 15.5. The maximum atomic E-state index is 12.3. The quantitative estimate of drug-likeness (QED) is 0.680. The van der Waals surface area contributed by atoms with Crippen molar-refractivity contribution in [3.8, 4) is 5.75 Å². The van der Waals surface area contributed by atoms with Crippen LogP contribution >= 0.6 is 0 Å². The lowest BCUT2D eigenvalue weighted by Crippen LogP contribution is -2.42. The third-order valence-electron chi connectivity index (χ3n) is 4.49. The van der Waals surface area contributed by atoms with E-state index >= 15 is 0 Å². The van der Waals surface area contributed by atoms with Crippen LogP contribution in [0.2, 0.25) is 0 Å². The van der Waals surface area contributed by atoms with Gasteiger partial charge in [0.25, 0.3) is 0 Å². The van der Waals surface area contributed by atoms with Crippen LogP contribution in [0.5, 0.6) is 5.75 Å². The van der Waals surface area contributed by atoms with Crippen molar-refractivity contribution >= 4 is 15.9 Å². The fourth-order valence-electron chi connectivity index (χ4n) is 2.76. The molecular weight excluding hydrogens is 346 g/mol. The molecule has 0 bridgehead atoms. The van der Waals surface area contributed by atoms with Gasteiger partial charge in [0.05, 0.1) is 31.7 Å². The van der Waals surface area contributed by atoms with Gasteiger partial charge in [-0.05, 0) is 30.4 Å². The first kappa shape index (κ1) is 19.6. The number of methoxy groups -OCH3 is 1. The van der Waals surface area contributed by atoms with Gasteiger partial charge in [0, 0.05) is 26.2 Å². The molecule has 1 aliphatic rings. The van der Waals surface area contributed by atoms with Crippen molar-refractivity contribution < 1.29 is 23.1 Å². The Labute approximate surface area is 148 Å². The summed E-state index contributed by atoms with van der Waals surface area (Å²) in [6, 6.07) is 1.52. The number of aliphatic hydroxyl groups is 1. The molecule has 1 aliphatic carbocycles. The highest BCUT2D eigenvalue weighted by molar-refractivity contribution is 7.88. The molecule has 0 radical (unpaired) electrons. The number of nitrogens with zero attached hydrogens (tertiary/aromatic N) is 2. The fraction of sp³-hybridized carbons (Fsp3) is 0.625. The fourth-order valence-corrected chi connectivity index (χ4v) is 3.19. The number of hydrogen-bond donors (Lipinski definition) is 2. The summed E-state index contributed by atoms with van der Waals surface area (Å²) in [5.41, 5.74) is 0.807. The Morgan fingerprint density at radius 1 is 1.48 bits per heavy atom. The number of sulfonamides is 1. The van der Waals surface area contributed by atoms with E-state index in [1.165, 1.54) is 7.05 Å². The molecule has 1 atom stereocenters. The molecule has 1 saturated carbocycles. The summed E-state index contributed by atoms with van der Waals surface area (Å²) < 4.78 is 29.1. The molecule has 9 heteroatoms. The topological polar surface area (TPSA) is 109 Å². The minimum atomic E-state index is -3.31. The number of carbonyl (C=O) groups is 1. The lowest BCUT2D eigenvalue weighted by Gasteiger charge is -2.38. The number of pyridine rings is 1. The third-order valence-corrected chi connectivity index (χ3v) is 5.80. The van der Waals surface area contributed by atoms with Crippen molar-refractivity contribution in [3.63, 3.8) is 0 Å². The molecule has 1 heterocycles. The van der Waals surface area contributed by atoms with Gasteiger partial charge >= 0.3 is 0 Å². The smallest absolute Gasteiger partial charge is 0.221 e. The molecule has 1 aromatic rings. The van der Waals surface area contributed by atoms with Gasteiger partial charge in [0.15, 0.2) is 0 Å². The van der Waals surface area contributed by atoms with E-state index in [0.717, 1.165) is 16.1 Å². The van der Waals surface area contributed by atoms with Crippen molar-refractivity contribution in [3.05, 3.63) is 24.0 Å². The number of amides is 1. The predicted molar refractivity (Wildman–Crippen MR) is 92.5 cm³/mol. The van der Waals surface area contributed by atoms with Gasteiger partial charge in [-0.25, -0.2) is 12.7 Å². The predicted octanol–water partition coefficient (Wildman–Crippen LogP) is 0.300. The van der Waals surface area contributed by atoms with Crippen molar-refractivity contribution in [1.82, 2.24) is 14.6 Å². The number of aromatic nitrogens is 1. The van der Waals surface area contributed by atoms with Crippen LogP contribution in [0.3, 0.4) is 0 Å². The third kappa shape index (κ3) is 5.38. The van der Waals surface area contributed by atoms with Gasteiger partial charge in [0.2, 0.25) is 15.9 Å². The molecular formula is C16H25N3O5S. The molecule has 0 aromatic carbocycles. The summed E-state index contributed by atoms with van der Waals surface area (Å²) in [6.07, 6.45) is 5.27. The van der Waals surface area contributed by atoms with Gasteiger partial charge < -0.3 is 15.2 Å². The Bertz CT molecular complexity index is 703. The summed E-state index contributed by atoms with van der Waals surface area (Å²) in [5.74, 6) is 0.457. The second kappa shape index (κ2) is 8.11. The van der Waals surface area contributed by atoms with Crippen LogP contribution in [0.1, 0.15) is 30.9 Å². The Morgan fingerprint density at radius 3 is 2.72 bits per heavy atom. The van der Waals surface area contributed by atoms with E-state index in [1.54, 1.807) is 19.5 Å². The molecule has 0 saturated heterocycles. The van der Waals surface area contributed by atoms with E-state index in [-0.39, 0.29) is 36.9 Å². The zero-order chi connectivity index (χ0) is 18.6. The van der Waals surface area contributed by atoms with Gasteiger partial charge in [-0.3, -0.25) is 9.78 Å². The Balaban J connectivity index is 2.05. The lowest BCUT2D eigenvalue weighted by atomic mass is 9.75. The number of aliphatic hydroxyl groups excluding tert-OH is 1. The number of rotatable bonds is 8. The van der Waals surface area contributed by atoms with Crippen molar-refractivity contribution in [2.75, 3.05) is 27.0 Å². The summed E-state index contributed by atoms with van der Waals surface area (Å²) >= 11 is 0. The molecule has 1 aromatic heterocycles. The van der Waals surface area contributed by atoms with E-state index in [1.807, 2.05) is 6.07 Å². The highest BCUT2D eigenvalue weighted by Gasteiger charge is 2.36. The summed E-state index contributed by atoms with van der Waals surface area (Å²) in [4.78, 5) is 16.4. The molecule has 1 amide bonds. The van der Waals surface area contributed by atoms with Crippen molar-refractivity contribution in [1.29, 1.82) is 0 Å². The van der Waals surface area contributed by atoms with E-state index in [0.29, 0.717) is 18.6 Å². The first-order chi connectivity index (χ1) is 11.7. The summed E-state index contributed by atoms with van der Waals surface area (Å²) in [5, 5.41) is 12.5. The molecule has 140 valence electrons. The zero-order valence-electron chi connectivity index (χ0n) is 14.7. The molecule has 0 spiro atoms. The monoisotopic (exact) mass is 371 g/mol. The van der Waals surface area contributed by atoms with Gasteiger partial charge in [0.1, 0.15) is 5.75 Å². The number of nitrogens with one attached hydrogen (secondary N) is 1. The van der Waals surface area contributed by atoms with Crippen LogP contribution in [-0.4, -0.2) is 61.8 Å². The van der Waals surface area contributed by atoms with Crippen LogP contribution in [-0.2, 0) is 14.8 Å². The second-order valence-corrected chi connectivity index (χ2v) is 8.51. The van der Waals surface area contributed by atoms with E-state index in [2.05, 4.69) is 10.3 Å². The van der Waals surface area contributed by atoms with Gasteiger partial charge in [-0.15, -0.1) is 0 Å².